The number of hydrogen-bond acceptors (Lipinski definition) is 6. The molecule has 0 radical (unpaired) electrons. The van der Waals surface area contributed by atoms with Crippen molar-refractivity contribution in [3.63, 3.8) is 0 Å². The maximum absolute atomic E-state index is 12.5. The molecule has 1 amide bonds. The van der Waals surface area contributed by atoms with Crippen molar-refractivity contribution in [1.29, 1.82) is 0 Å². The Morgan fingerprint density at radius 2 is 1.72 bits per heavy atom. The molecule has 0 bridgehead atoms. The first kappa shape index (κ1) is 21.3. The lowest BCUT2D eigenvalue weighted by Gasteiger charge is -2.08. The van der Waals surface area contributed by atoms with E-state index in [0.717, 1.165) is 32.4 Å². The van der Waals surface area contributed by atoms with Gasteiger partial charge in [0.25, 0.3) is 0 Å². The molecule has 0 fully saturated rings. The smallest absolute Gasteiger partial charge is 0.249 e. The van der Waals surface area contributed by atoms with E-state index in [9.17, 15) is 4.79 Å². The summed E-state index contributed by atoms with van der Waals surface area (Å²) in [7, 11) is 4.91. The number of rotatable bonds is 8. The van der Waals surface area contributed by atoms with Gasteiger partial charge in [-0.1, -0.05) is 11.3 Å². The molecule has 0 atom stereocenters. The molecular weight excluding hydrogens is 408 g/mol. The minimum absolute atomic E-state index is 0.141. The standard InChI is InChI=1S/C21H24N2O4S2/c1-5-23-19-16(26-3)10-11-17(27-4)20(19)29-21(23)22-18(24)12-13-28-15-8-6-14(25-2)7-9-15/h6-11H,5,12-13H2,1-4H3. The van der Waals surface area contributed by atoms with Crippen molar-refractivity contribution < 1.29 is 19.0 Å². The highest BCUT2D eigenvalue weighted by atomic mass is 32.2. The van der Waals surface area contributed by atoms with Crippen LogP contribution < -0.4 is 19.0 Å². The number of thioether (sulfide) groups is 1. The molecule has 1 aromatic heterocycles. The van der Waals surface area contributed by atoms with Crippen LogP contribution in [0.2, 0.25) is 0 Å². The Morgan fingerprint density at radius 3 is 2.34 bits per heavy atom. The number of hydrogen-bond donors (Lipinski definition) is 0. The number of aromatic nitrogens is 1. The van der Waals surface area contributed by atoms with Crippen LogP contribution in [0.25, 0.3) is 10.2 Å². The molecule has 0 unspecified atom stereocenters. The molecule has 0 aliphatic rings. The minimum Gasteiger partial charge on any atom is -0.497 e. The van der Waals surface area contributed by atoms with Crippen molar-refractivity contribution in [1.82, 2.24) is 4.57 Å². The van der Waals surface area contributed by atoms with E-state index in [1.54, 1.807) is 33.1 Å². The van der Waals surface area contributed by atoms with Crippen LogP contribution in [0.1, 0.15) is 13.3 Å². The van der Waals surface area contributed by atoms with E-state index in [1.165, 1.54) is 11.3 Å². The molecule has 0 aliphatic heterocycles. The molecule has 0 saturated carbocycles. The van der Waals surface area contributed by atoms with Crippen LogP contribution in [0.5, 0.6) is 17.2 Å². The molecule has 3 rings (SSSR count). The third-order valence-corrected chi connectivity index (χ3v) is 6.48. The van der Waals surface area contributed by atoms with E-state index in [0.29, 0.717) is 23.5 Å². The fraction of sp³-hybridized carbons (Fsp3) is 0.333. The van der Waals surface area contributed by atoms with Crippen LogP contribution in [-0.4, -0.2) is 37.6 Å². The lowest BCUT2D eigenvalue weighted by Crippen LogP contribution is -2.16. The third-order valence-electron chi connectivity index (χ3n) is 4.37. The van der Waals surface area contributed by atoms with Gasteiger partial charge in [-0.15, -0.1) is 11.8 Å². The van der Waals surface area contributed by atoms with Crippen molar-refractivity contribution in [2.75, 3.05) is 27.1 Å². The van der Waals surface area contributed by atoms with Gasteiger partial charge in [0.2, 0.25) is 5.91 Å². The van der Waals surface area contributed by atoms with Gasteiger partial charge in [0.15, 0.2) is 4.80 Å². The summed E-state index contributed by atoms with van der Waals surface area (Å²) in [5.74, 6) is 2.83. The first-order valence-electron chi connectivity index (χ1n) is 9.20. The summed E-state index contributed by atoms with van der Waals surface area (Å²) in [6.07, 6.45) is 0.364. The fourth-order valence-corrected chi connectivity index (χ4v) is 4.98. The largest absolute Gasteiger partial charge is 0.497 e. The molecule has 6 nitrogen and oxygen atoms in total. The van der Waals surface area contributed by atoms with Crippen LogP contribution in [0.4, 0.5) is 0 Å². The number of amides is 1. The summed E-state index contributed by atoms with van der Waals surface area (Å²) in [6, 6.07) is 11.5. The zero-order valence-electron chi connectivity index (χ0n) is 16.9. The molecule has 154 valence electrons. The van der Waals surface area contributed by atoms with Crippen molar-refractivity contribution >= 4 is 39.2 Å². The van der Waals surface area contributed by atoms with Gasteiger partial charge < -0.3 is 18.8 Å². The summed E-state index contributed by atoms with van der Waals surface area (Å²) in [4.78, 5) is 18.6. The van der Waals surface area contributed by atoms with Gasteiger partial charge >= 0.3 is 0 Å². The Balaban J connectivity index is 1.80. The number of nitrogens with zero attached hydrogens (tertiary/aromatic N) is 2. The lowest BCUT2D eigenvalue weighted by atomic mass is 10.3. The maximum Gasteiger partial charge on any atom is 0.249 e. The number of ether oxygens (including phenoxy) is 3. The lowest BCUT2D eigenvalue weighted by molar-refractivity contribution is -0.117. The number of carbonyl (C=O) groups is 1. The predicted octanol–water partition coefficient (Wildman–Crippen LogP) is 4.36. The molecule has 0 aliphatic carbocycles. The molecule has 0 spiro atoms. The van der Waals surface area contributed by atoms with Crippen molar-refractivity contribution in [3.05, 3.63) is 41.2 Å². The van der Waals surface area contributed by atoms with Crippen LogP contribution >= 0.6 is 23.1 Å². The average molecular weight is 433 g/mol. The summed E-state index contributed by atoms with van der Waals surface area (Å²) < 4.78 is 19.1. The maximum atomic E-state index is 12.5. The van der Waals surface area contributed by atoms with Crippen LogP contribution in [0, 0.1) is 0 Å². The monoisotopic (exact) mass is 432 g/mol. The van der Waals surface area contributed by atoms with Gasteiger partial charge in [-0.3, -0.25) is 4.79 Å². The Morgan fingerprint density at radius 1 is 1.03 bits per heavy atom. The van der Waals surface area contributed by atoms with E-state index in [2.05, 4.69) is 4.99 Å². The quantitative estimate of drug-likeness (QED) is 0.495. The first-order valence-corrected chi connectivity index (χ1v) is 11.0. The number of thiazole rings is 1. The normalized spacial score (nSPS) is 11.7. The van der Waals surface area contributed by atoms with Gasteiger partial charge in [0, 0.05) is 23.6 Å². The second kappa shape index (κ2) is 9.84. The fourth-order valence-electron chi connectivity index (χ4n) is 2.92. The Labute approximate surface area is 178 Å². The highest BCUT2D eigenvalue weighted by molar-refractivity contribution is 7.99. The number of aryl methyl sites for hydroxylation is 1. The van der Waals surface area contributed by atoms with E-state index < -0.39 is 0 Å². The molecule has 3 aromatic rings. The van der Waals surface area contributed by atoms with Crippen LogP contribution in [0.15, 0.2) is 46.3 Å². The van der Waals surface area contributed by atoms with E-state index in [4.69, 9.17) is 14.2 Å². The summed E-state index contributed by atoms with van der Waals surface area (Å²) in [5.41, 5.74) is 0.901. The number of carbonyl (C=O) groups excluding carboxylic acids is 1. The van der Waals surface area contributed by atoms with Crippen LogP contribution in [0.3, 0.4) is 0 Å². The summed E-state index contributed by atoms with van der Waals surface area (Å²) >= 11 is 3.07. The van der Waals surface area contributed by atoms with Gasteiger partial charge in [-0.25, -0.2) is 0 Å². The topological polar surface area (TPSA) is 62.1 Å². The molecule has 0 N–H and O–H groups in total. The molecule has 1 heterocycles. The zero-order valence-corrected chi connectivity index (χ0v) is 18.6. The Bertz CT molecular complexity index is 1050. The van der Waals surface area contributed by atoms with E-state index in [-0.39, 0.29) is 5.91 Å². The van der Waals surface area contributed by atoms with Gasteiger partial charge in [-0.05, 0) is 43.3 Å². The van der Waals surface area contributed by atoms with Crippen LogP contribution in [-0.2, 0) is 11.3 Å². The minimum atomic E-state index is -0.141. The van der Waals surface area contributed by atoms with Crippen molar-refractivity contribution in [2.24, 2.45) is 4.99 Å². The van der Waals surface area contributed by atoms with Gasteiger partial charge in [-0.2, -0.15) is 4.99 Å². The highest BCUT2D eigenvalue weighted by Crippen LogP contribution is 2.35. The molecule has 2 aromatic carbocycles. The van der Waals surface area contributed by atoms with Crippen molar-refractivity contribution in [3.8, 4) is 17.2 Å². The molecule has 8 heteroatoms. The zero-order chi connectivity index (χ0) is 20.8. The second-order valence-corrected chi connectivity index (χ2v) is 8.20. The third kappa shape index (κ3) is 4.76. The molecule has 0 saturated heterocycles. The van der Waals surface area contributed by atoms with E-state index >= 15 is 0 Å². The summed E-state index contributed by atoms with van der Waals surface area (Å²) in [5, 5.41) is 0. The SMILES string of the molecule is CCn1c(=NC(=O)CCSc2ccc(OC)cc2)sc2c(OC)ccc(OC)c21. The first-order chi connectivity index (χ1) is 14.1. The number of methoxy groups -OCH3 is 3. The van der Waals surface area contributed by atoms with Gasteiger partial charge in [0.05, 0.1) is 21.3 Å². The second-order valence-electron chi connectivity index (χ2n) is 6.06. The van der Waals surface area contributed by atoms with E-state index in [1.807, 2.05) is 47.9 Å². The predicted molar refractivity (Wildman–Crippen MR) is 117 cm³/mol. The van der Waals surface area contributed by atoms with Crippen molar-refractivity contribution in [2.45, 2.75) is 24.8 Å². The van der Waals surface area contributed by atoms with Gasteiger partial charge in [0.1, 0.15) is 27.5 Å². The molecule has 29 heavy (non-hydrogen) atoms. The summed E-state index contributed by atoms with van der Waals surface area (Å²) in [6.45, 7) is 2.70. The Kier molecular flexibility index (Phi) is 7.22. The highest BCUT2D eigenvalue weighted by Gasteiger charge is 2.15. The average Bonchev–Trinajstić information content (AvgIpc) is 3.11. The number of benzene rings is 2. The number of fused-ring (bicyclic) bond motifs is 1. The molecular formula is C21H24N2O4S2. The Hall–Kier alpha value is -2.45.